The first-order chi connectivity index (χ1) is 8.72. The SMILES string of the molecule is Cc1ccc(C2CNC(=O)C23CCCNC3)cc1. The van der Waals surface area contributed by atoms with E-state index in [0.717, 1.165) is 32.5 Å². The Kier molecular flexibility index (Phi) is 2.86. The molecule has 2 unspecified atom stereocenters. The Labute approximate surface area is 108 Å². The first-order valence-corrected chi connectivity index (χ1v) is 6.78. The van der Waals surface area contributed by atoms with E-state index in [1.165, 1.54) is 11.1 Å². The number of hydrogen-bond acceptors (Lipinski definition) is 2. The molecule has 0 saturated carbocycles. The molecule has 0 radical (unpaired) electrons. The van der Waals surface area contributed by atoms with Crippen LogP contribution in [0, 0.1) is 12.3 Å². The van der Waals surface area contributed by atoms with Crippen LogP contribution in [0.2, 0.25) is 0 Å². The van der Waals surface area contributed by atoms with Crippen LogP contribution in [0.4, 0.5) is 0 Å². The molecule has 2 saturated heterocycles. The van der Waals surface area contributed by atoms with Gasteiger partial charge in [-0.15, -0.1) is 0 Å². The molecule has 2 heterocycles. The summed E-state index contributed by atoms with van der Waals surface area (Å²) in [5, 5.41) is 6.46. The van der Waals surface area contributed by atoms with Gasteiger partial charge in [0.2, 0.25) is 5.91 Å². The Bertz CT molecular complexity index is 446. The fraction of sp³-hybridized carbons (Fsp3) is 0.533. The van der Waals surface area contributed by atoms with Crippen LogP contribution in [-0.4, -0.2) is 25.5 Å². The highest BCUT2D eigenvalue weighted by Gasteiger charge is 2.50. The van der Waals surface area contributed by atoms with Crippen molar-refractivity contribution in [2.24, 2.45) is 5.41 Å². The van der Waals surface area contributed by atoms with E-state index in [9.17, 15) is 4.79 Å². The number of benzene rings is 1. The van der Waals surface area contributed by atoms with Crippen molar-refractivity contribution in [1.29, 1.82) is 0 Å². The second-order valence-corrected chi connectivity index (χ2v) is 5.61. The van der Waals surface area contributed by atoms with Gasteiger partial charge in [-0.2, -0.15) is 0 Å². The quantitative estimate of drug-likeness (QED) is 0.787. The predicted octanol–water partition coefficient (Wildman–Crippen LogP) is 1.58. The van der Waals surface area contributed by atoms with Gasteiger partial charge in [0, 0.05) is 19.0 Å². The van der Waals surface area contributed by atoms with Gasteiger partial charge in [-0.05, 0) is 31.9 Å². The first kappa shape index (κ1) is 11.7. The van der Waals surface area contributed by atoms with Crippen molar-refractivity contribution in [2.45, 2.75) is 25.7 Å². The van der Waals surface area contributed by atoms with Gasteiger partial charge >= 0.3 is 0 Å². The van der Waals surface area contributed by atoms with Gasteiger partial charge in [-0.3, -0.25) is 4.79 Å². The van der Waals surface area contributed by atoms with Gasteiger partial charge in [-0.1, -0.05) is 29.8 Å². The number of carbonyl (C=O) groups is 1. The lowest BCUT2D eigenvalue weighted by Crippen LogP contribution is -2.47. The molecular formula is C15H20N2O. The van der Waals surface area contributed by atoms with Crippen molar-refractivity contribution >= 4 is 5.91 Å². The Balaban J connectivity index is 1.95. The van der Waals surface area contributed by atoms with E-state index in [-0.39, 0.29) is 11.3 Å². The zero-order valence-electron chi connectivity index (χ0n) is 10.8. The van der Waals surface area contributed by atoms with E-state index < -0.39 is 0 Å². The van der Waals surface area contributed by atoms with Gasteiger partial charge < -0.3 is 10.6 Å². The molecule has 3 heteroatoms. The number of nitrogens with one attached hydrogen (secondary N) is 2. The topological polar surface area (TPSA) is 41.1 Å². The number of carbonyl (C=O) groups excluding carboxylic acids is 1. The summed E-state index contributed by atoms with van der Waals surface area (Å²) in [5.41, 5.74) is 2.35. The molecule has 0 aromatic heterocycles. The Morgan fingerprint density at radius 3 is 2.72 bits per heavy atom. The van der Waals surface area contributed by atoms with Gasteiger partial charge in [0.05, 0.1) is 5.41 Å². The maximum atomic E-state index is 12.3. The highest BCUT2D eigenvalue weighted by atomic mass is 16.2. The molecule has 1 spiro atoms. The van der Waals surface area contributed by atoms with Crippen LogP contribution >= 0.6 is 0 Å². The molecule has 2 fully saturated rings. The minimum Gasteiger partial charge on any atom is -0.355 e. The summed E-state index contributed by atoms with van der Waals surface area (Å²) >= 11 is 0. The van der Waals surface area contributed by atoms with Crippen LogP contribution in [0.1, 0.15) is 29.9 Å². The van der Waals surface area contributed by atoms with Crippen LogP contribution in [0.15, 0.2) is 24.3 Å². The van der Waals surface area contributed by atoms with Gasteiger partial charge in [-0.25, -0.2) is 0 Å². The van der Waals surface area contributed by atoms with Crippen molar-refractivity contribution in [3.05, 3.63) is 35.4 Å². The van der Waals surface area contributed by atoms with E-state index in [1.807, 2.05) is 0 Å². The third-order valence-corrected chi connectivity index (χ3v) is 4.48. The molecule has 1 aromatic carbocycles. The lowest BCUT2D eigenvalue weighted by atomic mass is 9.69. The van der Waals surface area contributed by atoms with Crippen LogP contribution in [0.25, 0.3) is 0 Å². The second-order valence-electron chi connectivity index (χ2n) is 5.61. The molecule has 1 amide bonds. The van der Waals surface area contributed by atoms with E-state index in [1.54, 1.807) is 0 Å². The van der Waals surface area contributed by atoms with Gasteiger partial charge in [0.25, 0.3) is 0 Å². The van der Waals surface area contributed by atoms with Crippen molar-refractivity contribution < 1.29 is 4.79 Å². The fourth-order valence-corrected chi connectivity index (χ4v) is 3.38. The van der Waals surface area contributed by atoms with E-state index in [0.29, 0.717) is 5.92 Å². The lowest BCUT2D eigenvalue weighted by molar-refractivity contribution is -0.129. The van der Waals surface area contributed by atoms with Crippen LogP contribution in [0.3, 0.4) is 0 Å². The summed E-state index contributed by atoms with van der Waals surface area (Å²) in [6.45, 7) is 4.73. The van der Waals surface area contributed by atoms with E-state index >= 15 is 0 Å². The molecule has 0 bridgehead atoms. The average Bonchev–Trinajstić information content (AvgIpc) is 2.70. The molecule has 2 atom stereocenters. The Hall–Kier alpha value is -1.35. The average molecular weight is 244 g/mol. The van der Waals surface area contributed by atoms with Crippen molar-refractivity contribution in [3.63, 3.8) is 0 Å². The predicted molar refractivity (Wildman–Crippen MR) is 71.5 cm³/mol. The molecule has 18 heavy (non-hydrogen) atoms. The smallest absolute Gasteiger partial charge is 0.228 e. The Morgan fingerprint density at radius 2 is 2.06 bits per heavy atom. The standard InChI is InChI=1S/C15H20N2O/c1-11-3-5-12(6-4-11)13-9-17-14(18)15(13)7-2-8-16-10-15/h3-6,13,16H,2,7-10H2,1H3,(H,17,18). The largest absolute Gasteiger partial charge is 0.355 e. The molecule has 2 N–H and O–H groups in total. The molecule has 0 aliphatic carbocycles. The fourth-order valence-electron chi connectivity index (χ4n) is 3.38. The third-order valence-electron chi connectivity index (χ3n) is 4.48. The summed E-state index contributed by atoms with van der Waals surface area (Å²) < 4.78 is 0. The van der Waals surface area contributed by atoms with Gasteiger partial charge in [0.15, 0.2) is 0 Å². The van der Waals surface area contributed by atoms with E-state index in [4.69, 9.17) is 0 Å². The highest BCUT2D eigenvalue weighted by Crippen LogP contribution is 2.44. The zero-order valence-corrected chi connectivity index (χ0v) is 10.8. The number of piperidine rings is 1. The van der Waals surface area contributed by atoms with Gasteiger partial charge in [0.1, 0.15) is 0 Å². The van der Waals surface area contributed by atoms with Crippen molar-refractivity contribution in [3.8, 4) is 0 Å². The maximum absolute atomic E-state index is 12.3. The summed E-state index contributed by atoms with van der Waals surface area (Å²) in [4.78, 5) is 12.3. The number of amides is 1. The summed E-state index contributed by atoms with van der Waals surface area (Å²) in [6, 6.07) is 8.64. The maximum Gasteiger partial charge on any atom is 0.228 e. The monoisotopic (exact) mass is 244 g/mol. The molecule has 3 nitrogen and oxygen atoms in total. The third kappa shape index (κ3) is 1.74. The van der Waals surface area contributed by atoms with Crippen LogP contribution in [-0.2, 0) is 4.79 Å². The summed E-state index contributed by atoms with van der Waals surface area (Å²) in [6.07, 6.45) is 2.10. The number of aryl methyl sites for hydroxylation is 1. The summed E-state index contributed by atoms with van der Waals surface area (Å²) in [7, 11) is 0. The minimum atomic E-state index is -0.215. The minimum absolute atomic E-state index is 0.215. The number of hydrogen-bond donors (Lipinski definition) is 2. The lowest BCUT2D eigenvalue weighted by Gasteiger charge is -2.36. The first-order valence-electron chi connectivity index (χ1n) is 6.78. The number of rotatable bonds is 1. The summed E-state index contributed by atoms with van der Waals surface area (Å²) in [5.74, 6) is 0.554. The molecule has 1 aromatic rings. The van der Waals surface area contributed by atoms with Crippen LogP contribution < -0.4 is 10.6 Å². The van der Waals surface area contributed by atoms with E-state index in [2.05, 4.69) is 41.8 Å². The molecule has 2 aliphatic heterocycles. The normalized spacial score (nSPS) is 31.6. The van der Waals surface area contributed by atoms with Crippen LogP contribution in [0.5, 0.6) is 0 Å². The highest BCUT2D eigenvalue weighted by molar-refractivity contribution is 5.87. The molecule has 3 rings (SSSR count). The molecular weight excluding hydrogens is 224 g/mol. The molecule has 2 aliphatic rings. The Morgan fingerprint density at radius 1 is 1.28 bits per heavy atom. The zero-order chi connectivity index (χ0) is 12.6. The van der Waals surface area contributed by atoms with Crippen molar-refractivity contribution in [1.82, 2.24) is 10.6 Å². The van der Waals surface area contributed by atoms with Crippen molar-refractivity contribution in [2.75, 3.05) is 19.6 Å². The second kappa shape index (κ2) is 4.39. The molecule has 96 valence electrons.